The third-order valence-electron chi connectivity index (χ3n) is 3.97. The van der Waals surface area contributed by atoms with Crippen LogP contribution in [0.3, 0.4) is 0 Å². The van der Waals surface area contributed by atoms with Crippen molar-refractivity contribution < 1.29 is 0 Å². The van der Waals surface area contributed by atoms with Crippen molar-refractivity contribution in [2.75, 3.05) is 6.54 Å². The van der Waals surface area contributed by atoms with Gasteiger partial charge in [-0.2, -0.15) is 0 Å². The Labute approximate surface area is 122 Å². The van der Waals surface area contributed by atoms with E-state index in [1.54, 1.807) is 0 Å². The molecule has 0 aliphatic rings. The molecule has 0 aromatic carbocycles. The van der Waals surface area contributed by atoms with Crippen LogP contribution in [0.2, 0.25) is 0 Å². The third-order valence-corrected chi connectivity index (χ3v) is 3.97. The van der Waals surface area contributed by atoms with E-state index in [9.17, 15) is 0 Å². The largest absolute Gasteiger partial charge is 0.389 e. The molecule has 0 amide bonds. The molecule has 0 aromatic rings. The van der Waals surface area contributed by atoms with Crippen LogP contribution in [0.5, 0.6) is 0 Å². The van der Waals surface area contributed by atoms with Crippen LogP contribution < -0.4 is 5.32 Å². The first-order valence-electron chi connectivity index (χ1n) is 8.47. The highest BCUT2D eigenvalue weighted by atomic mass is 14.9. The molecule has 1 N–H and O–H groups in total. The first-order valence-corrected chi connectivity index (χ1v) is 8.47. The Balaban J connectivity index is 3.20. The molecule has 1 nitrogen and oxygen atoms in total. The summed E-state index contributed by atoms with van der Waals surface area (Å²) in [5.41, 5.74) is 1.23. The SMILES string of the molecule is C=C(CCC(C)C)NCCCCCCCC(C)CC. The van der Waals surface area contributed by atoms with Gasteiger partial charge in [-0.3, -0.25) is 0 Å². The number of nitrogens with one attached hydrogen (secondary N) is 1. The highest BCUT2D eigenvalue weighted by Crippen LogP contribution is 2.13. The van der Waals surface area contributed by atoms with Crippen molar-refractivity contribution in [2.45, 2.75) is 85.5 Å². The molecule has 1 heteroatoms. The summed E-state index contributed by atoms with van der Waals surface area (Å²) in [7, 11) is 0. The van der Waals surface area contributed by atoms with Crippen LogP contribution in [0.25, 0.3) is 0 Å². The van der Waals surface area contributed by atoms with E-state index in [-0.39, 0.29) is 0 Å². The van der Waals surface area contributed by atoms with E-state index in [4.69, 9.17) is 0 Å². The zero-order chi connectivity index (χ0) is 14.5. The standard InChI is InChI=1S/C18H37N/c1-6-17(4)12-10-8-7-9-11-15-19-18(5)14-13-16(2)3/h16-17,19H,5-15H2,1-4H3. The third kappa shape index (κ3) is 13.8. The second kappa shape index (κ2) is 12.6. The predicted octanol–water partition coefficient (Wildman–Crippen LogP) is 5.91. The summed E-state index contributed by atoms with van der Waals surface area (Å²) >= 11 is 0. The van der Waals surface area contributed by atoms with Gasteiger partial charge in [0.25, 0.3) is 0 Å². The maximum atomic E-state index is 4.09. The number of rotatable bonds is 13. The Kier molecular flexibility index (Phi) is 12.3. The second-order valence-corrected chi connectivity index (χ2v) is 6.53. The topological polar surface area (TPSA) is 12.0 Å². The Morgan fingerprint density at radius 1 is 0.947 bits per heavy atom. The first-order chi connectivity index (χ1) is 9.06. The molecule has 0 aromatic heterocycles. The molecule has 0 rings (SSSR count). The Bertz CT molecular complexity index is 208. The fourth-order valence-corrected chi connectivity index (χ4v) is 2.17. The van der Waals surface area contributed by atoms with Gasteiger partial charge >= 0.3 is 0 Å². The molecular weight excluding hydrogens is 230 g/mol. The van der Waals surface area contributed by atoms with E-state index in [0.717, 1.165) is 24.8 Å². The van der Waals surface area contributed by atoms with Crippen molar-refractivity contribution in [2.24, 2.45) is 11.8 Å². The van der Waals surface area contributed by atoms with Crippen LogP contribution in [-0.2, 0) is 0 Å². The molecule has 0 fully saturated rings. The summed E-state index contributed by atoms with van der Waals surface area (Å²) in [5.74, 6) is 1.70. The summed E-state index contributed by atoms with van der Waals surface area (Å²) in [6.45, 7) is 14.4. The lowest BCUT2D eigenvalue weighted by molar-refractivity contribution is 0.471. The van der Waals surface area contributed by atoms with E-state index in [1.165, 1.54) is 57.1 Å². The molecule has 19 heavy (non-hydrogen) atoms. The maximum Gasteiger partial charge on any atom is 0.0143 e. The summed E-state index contributed by atoms with van der Waals surface area (Å²) in [6, 6.07) is 0. The van der Waals surface area contributed by atoms with E-state index in [1.807, 2.05) is 0 Å². The van der Waals surface area contributed by atoms with Gasteiger partial charge in [0.15, 0.2) is 0 Å². The molecule has 0 saturated heterocycles. The van der Waals surface area contributed by atoms with E-state index in [2.05, 4.69) is 39.6 Å². The molecule has 1 atom stereocenters. The number of hydrogen-bond donors (Lipinski definition) is 1. The summed E-state index contributed by atoms with van der Waals surface area (Å²) in [4.78, 5) is 0. The fraction of sp³-hybridized carbons (Fsp3) is 0.889. The highest BCUT2D eigenvalue weighted by Gasteiger charge is 1.99. The monoisotopic (exact) mass is 267 g/mol. The number of allylic oxidation sites excluding steroid dienone is 1. The van der Waals surface area contributed by atoms with Crippen LogP contribution in [0.1, 0.15) is 85.5 Å². The van der Waals surface area contributed by atoms with Gasteiger partial charge in [-0.1, -0.05) is 72.8 Å². The molecule has 0 spiro atoms. The van der Waals surface area contributed by atoms with Gasteiger partial charge in [0, 0.05) is 12.2 Å². The molecule has 114 valence electrons. The van der Waals surface area contributed by atoms with E-state index >= 15 is 0 Å². The smallest absolute Gasteiger partial charge is 0.0143 e. The average molecular weight is 268 g/mol. The Morgan fingerprint density at radius 3 is 2.21 bits per heavy atom. The lowest BCUT2D eigenvalue weighted by Crippen LogP contribution is -2.14. The van der Waals surface area contributed by atoms with Gasteiger partial charge < -0.3 is 5.32 Å². The van der Waals surface area contributed by atoms with Crippen LogP contribution in [0.4, 0.5) is 0 Å². The van der Waals surface area contributed by atoms with Crippen molar-refractivity contribution in [1.82, 2.24) is 5.32 Å². The van der Waals surface area contributed by atoms with Crippen molar-refractivity contribution >= 4 is 0 Å². The first kappa shape index (κ1) is 18.5. The van der Waals surface area contributed by atoms with Crippen LogP contribution in [0.15, 0.2) is 12.3 Å². The molecule has 0 heterocycles. The summed E-state index contributed by atoms with van der Waals surface area (Å²) in [5, 5.41) is 3.46. The lowest BCUT2D eigenvalue weighted by atomic mass is 10.00. The van der Waals surface area contributed by atoms with Gasteiger partial charge in [0.1, 0.15) is 0 Å². The van der Waals surface area contributed by atoms with Crippen LogP contribution in [-0.4, -0.2) is 6.54 Å². The van der Waals surface area contributed by atoms with Crippen molar-refractivity contribution in [3.63, 3.8) is 0 Å². The van der Waals surface area contributed by atoms with Gasteiger partial charge in [-0.25, -0.2) is 0 Å². The average Bonchev–Trinajstić information content (AvgIpc) is 2.38. The molecule has 0 saturated carbocycles. The second-order valence-electron chi connectivity index (χ2n) is 6.53. The highest BCUT2D eigenvalue weighted by molar-refractivity contribution is 4.90. The van der Waals surface area contributed by atoms with Gasteiger partial charge in [-0.05, 0) is 31.1 Å². The summed E-state index contributed by atoms with van der Waals surface area (Å²) in [6.07, 6.45) is 12.0. The fourth-order valence-electron chi connectivity index (χ4n) is 2.17. The molecule has 0 radical (unpaired) electrons. The lowest BCUT2D eigenvalue weighted by Gasteiger charge is -2.11. The van der Waals surface area contributed by atoms with E-state index in [0.29, 0.717) is 0 Å². The molecule has 1 unspecified atom stereocenters. The zero-order valence-corrected chi connectivity index (χ0v) is 13.9. The number of unbranched alkanes of at least 4 members (excludes halogenated alkanes) is 4. The molecule has 0 aliphatic carbocycles. The van der Waals surface area contributed by atoms with Crippen molar-refractivity contribution in [3.8, 4) is 0 Å². The van der Waals surface area contributed by atoms with Crippen LogP contribution >= 0.6 is 0 Å². The maximum absolute atomic E-state index is 4.09. The zero-order valence-electron chi connectivity index (χ0n) is 13.9. The van der Waals surface area contributed by atoms with Gasteiger partial charge in [-0.15, -0.1) is 0 Å². The number of hydrogen-bond acceptors (Lipinski definition) is 1. The van der Waals surface area contributed by atoms with Gasteiger partial charge in [0.2, 0.25) is 0 Å². The van der Waals surface area contributed by atoms with Crippen molar-refractivity contribution in [3.05, 3.63) is 12.3 Å². The normalized spacial score (nSPS) is 12.7. The molecular formula is C18H37N. The van der Waals surface area contributed by atoms with Crippen LogP contribution in [0, 0.1) is 11.8 Å². The minimum atomic E-state index is 0.782. The minimum Gasteiger partial charge on any atom is -0.389 e. The summed E-state index contributed by atoms with van der Waals surface area (Å²) < 4.78 is 0. The Hall–Kier alpha value is -0.460. The minimum absolute atomic E-state index is 0.782. The predicted molar refractivity (Wildman–Crippen MR) is 88.4 cm³/mol. The molecule has 0 bridgehead atoms. The molecule has 0 aliphatic heterocycles. The van der Waals surface area contributed by atoms with Crippen molar-refractivity contribution in [1.29, 1.82) is 0 Å². The van der Waals surface area contributed by atoms with Gasteiger partial charge in [0.05, 0.1) is 0 Å². The van der Waals surface area contributed by atoms with E-state index < -0.39 is 0 Å². The quantitative estimate of drug-likeness (QED) is 0.409. The Morgan fingerprint density at radius 2 is 1.58 bits per heavy atom.